The van der Waals surface area contributed by atoms with Gasteiger partial charge in [-0.1, -0.05) is 30.3 Å². The van der Waals surface area contributed by atoms with E-state index >= 15 is 0 Å². The van der Waals surface area contributed by atoms with Crippen LogP contribution < -0.4 is 0 Å². The molecule has 6 nitrogen and oxygen atoms in total. The fraction of sp³-hybridized carbons (Fsp3) is 0.0769. The van der Waals surface area contributed by atoms with E-state index in [2.05, 4.69) is 10.1 Å². The van der Waals surface area contributed by atoms with Crippen molar-refractivity contribution in [2.24, 2.45) is 0 Å². The van der Waals surface area contributed by atoms with E-state index < -0.39 is 7.60 Å². The average molecular weight is 289 g/mol. The summed E-state index contributed by atoms with van der Waals surface area (Å²) in [6.45, 7) is 0. The van der Waals surface area contributed by atoms with Crippen LogP contribution in [-0.4, -0.2) is 24.4 Å². The summed E-state index contributed by atoms with van der Waals surface area (Å²) < 4.78 is 12.7. The maximum Gasteiger partial charge on any atom is 0.331 e. The highest BCUT2D eigenvalue weighted by atomic mass is 31.2. The van der Waals surface area contributed by atoms with Crippen LogP contribution in [0.5, 0.6) is 0 Å². The molecule has 3 rings (SSSR count). The van der Waals surface area contributed by atoms with Gasteiger partial charge in [0, 0.05) is 11.6 Å². The van der Waals surface area contributed by atoms with E-state index in [0.29, 0.717) is 17.0 Å². The zero-order valence-electron chi connectivity index (χ0n) is 10.4. The maximum atomic E-state index is 11.2. The zero-order valence-corrected chi connectivity index (χ0v) is 11.3. The highest BCUT2D eigenvalue weighted by molar-refractivity contribution is 7.50. The van der Waals surface area contributed by atoms with Crippen molar-refractivity contribution in [2.45, 2.75) is 6.16 Å². The lowest BCUT2D eigenvalue weighted by Gasteiger charge is -2.09. The number of rotatable bonds is 3. The van der Waals surface area contributed by atoms with Gasteiger partial charge in [-0.3, -0.25) is 4.57 Å². The molecule has 102 valence electrons. The monoisotopic (exact) mass is 289 g/mol. The molecule has 0 amide bonds. The summed E-state index contributed by atoms with van der Waals surface area (Å²) in [6, 6.07) is 12.8. The molecule has 0 atom stereocenters. The molecule has 0 saturated heterocycles. The highest BCUT2D eigenvalue weighted by Crippen LogP contribution is 2.39. The molecule has 0 bridgehead atoms. The van der Waals surface area contributed by atoms with Gasteiger partial charge in [0.05, 0.1) is 23.7 Å². The zero-order chi connectivity index (χ0) is 14.2. The first-order valence-electron chi connectivity index (χ1n) is 5.97. The van der Waals surface area contributed by atoms with Crippen LogP contribution in [-0.2, 0) is 10.7 Å². The van der Waals surface area contributed by atoms with Gasteiger partial charge < -0.3 is 9.79 Å². The highest BCUT2D eigenvalue weighted by Gasteiger charge is 2.18. The van der Waals surface area contributed by atoms with Crippen LogP contribution in [0.1, 0.15) is 5.69 Å². The van der Waals surface area contributed by atoms with Gasteiger partial charge in [-0.2, -0.15) is 5.10 Å². The van der Waals surface area contributed by atoms with Gasteiger partial charge in [0.15, 0.2) is 5.65 Å². The van der Waals surface area contributed by atoms with E-state index in [0.717, 1.165) is 5.56 Å². The molecule has 2 heterocycles. The van der Waals surface area contributed by atoms with Crippen LogP contribution in [0.25, 0.3) is 16.9 Å². The Labute approximate surface area is 114 Å². The summed E-state index contributed by atoms with van der Waals surface area (Å²) >= 11 is 0. The van der Waals surface area contributed by atoms with Crippen molar-refractivity contribution in [1.82, 2.24) is 14.6 Å². The lowest BCUT2D eigenvalue weighted by atomic mass is 10.1. The van der Waals surface area contributed by atoms with E-state index in [1.807, 2.05) is 30.3 Å². The number of aromatic nitrogens is 3. The third-order valence-electron chi connectivity index (χ3n) is 2.87. The van der Waals surface area contributed by atoms with Crippen LogP contribution in [0.2, 0.25) is 0 Å². The number of nitrogens with zero attached hydrogens (tertiary/aromatic N) is 3. The Morgan fingerprint density at radius 3 is 2.60 bits per heavy atom. The number of fused-ring (bicyclic) bond motifs is 1. The minimum atomic E-state index is -4.17. The molecule has 1 aromatic carbocycles. The molecule has 2 N–H and O–H groups in total. The minimum absolute atomic E-state index is 0.368. The second-order valence-corrected chi connectivity index (χ2v) is 6.07. The van der Waals surface area contributed by atoms with Gasteiger partial charge >= 0.3 is 7.60 Å². The molecule has 0 saturated carbocycles. The normalized spacial score (nSPS) is 11.9. The van der Waals surface area contributed by atoms with E-state index in [9.17, 15) is 14.4 Å². The summed E-state index contributed by atoms with van der Waals surface area (Å²) in [6.07, 6.45) is 1.19. The van der Waals surface area contributed by atoms with E-state index in [1.54, 1.807) is 18.3 Å². The minimum Gasteiger partial charge on any atom is -0.324 e. The number of hydrogen-bond acceptors (Lipinski definition) is 3. The molecule has 0 fully saturated rings. The first-order valence-corrected chi connectivity index (χ1v) is 7.76. The fourth-order valence-corrected chi connectivity index (χ4v) is 2.70. The Balaban J connectivity index is 2.18. The second kappa shape index (κ2) is 4.83. The Kier molecular flexibility index (Phi) is 3.14. The van der Waals surface area contributed by atoms with Crippen LogP contribution in [0.15, 0.2) is 48.7 Å². The third kappa shape index (κ3) is 2.63. The van der Waals surface area contributed by atoms with Gasteiger partial charge in [0.2, 0.25) is 0 Å². The molecule has 7 heteroatoms. The quantitative estimate of drug-likeness (QED) is 0.721. The molecular formula is C13H12N3O3P. The summed E-state index contributed by atoms with van der Waals surface area (Å²) in [5.41, 5.74) is 2.56. The van der Waals surface area contributed by atoms with Crippen LogP contribution in [0.4, 0.5) is 0 Å². The summed E-state index contributed by atoms with van der Waals surface area (Å²) in [5.74, 6) is 0. The largest absolute Gasteiger partial charge is 0.331 e. The smallest absolute Gasteiger partial charge is 0.324 e. The molecule has 0 aliphatic rings. The Morgan fingerprint density at radius 1 is 1.15 bits per heavy atom. The standard InChI is InChI=1S/C13H12N3O3P/c17-20(18,19)9-11-8-12(10-4-2-1-3-5-10)15-13-6-7-14-16(11)13/h1-8H,9H2,(H2,17,18,19). The van der Waals surface area contributed by atoms with Crippen LogP contribution >= 0.6 is 7.60 Å². The number of hydrogen-bond donors (Lipinski definition) is 2. The molecule has 3 aromatic rings. The lowest BCUT2D eigenvalue weighted by Crippen LogP contribution is -2.02. The number of benzene rings is 1. The van der Waals surface area contributed by atoms with Crippen molar-refractivity contribution >= 4 is 13.2 Å². The Morgan fingerprint density at radius 2 is 1.90 bits per heavy atom. The molecule has 0 spiro atoms. The van der Waals surface area contributed by atoms with Gasteiger partial charge in [-0.25, -0.2) is 9.50 Å². The van der Waals surface area contributed by atoms with Crippen molar-refractivity contribution < 1.29 is 14.4 Å². The topological polar surface area (TPSA) is 87.7 Å². The molecule has 0 radical (unpaired) electrons. The Hall–Kier alpha value is -2.01. The first kappa shape index (κ1) is 13.0. The van der Waals surface area contributed by atoms with Gasteiger partial charge in [-0.15, -0.1) is 0 Å². The van der Waals surface area contributed by atoms with Crippen molar-refractivity contribution in [1.29, 1.82) is 0 Å². The molecule has 0 aliphatic heterocycles. The third-order valence-corrected chi connectivity index (χ3v) is 3.61. The SMILES string of the molecule is O=P(O)(O)Cc1cc(-c2ccccc2)nc2ccnn12. The van der Waals surface area contributed by atoms with E-state index in [4.69, 9.17) is 0 Å². The first-order chi connectivity index (χ1) is 9.53. The summed E-state index contributed by atoms with van der Waals surface area (Å²) in [7, 11) is -4.17. The summed E-state index contributed by atoms with van der Waals surface area (Å²) in [5, 5.41) is 4.05. The maximum absolute atomic E-state index is 11.2. The van der Waals surface area contributed by atoms with Crippen LogP contribution in [0.3, 0.4) is 0 Å². The lowest BCUT2D eigenvalue weighted by molar-refractivity contribution is 0.370. The van der Waals surface area contributed by atoms with Crippen molar-refractivity contribution in [2.75, 3.05) is 0 Å². The van der Waals surface area contributed by atoms with Crippen molar-refractivity contribution in [3.63, 3.8) is 0 Å². The summed E-state index contributed by atoms with van der Waals surface area (Å²) in [4.78, 5) is 22.8. The van der Waals surface area contributed by atoms with Gasteiger partial charge in [-0.05, 0) is 6.07 Å². The fourth-order valence-electron chi connectivity index (χ4n) is 2.06. The van der Waals surface area contributed by atoms with E-state index in [-0.39, 0.29) is 6.16 Å². The van der Waals surface area contributed by atoms with E-state index in [1.165, 1.54) is 4.52 Å². The van der Waals surface area contributed by atoms with Gasteiger partial charge in [0.25, 0.3) is 0 Å². The molecule has 20 heavy (non-hydrogen) atoms. The molecule has 0 unspecified atom stereocenters. The molecular weight excluding hydrogens is 277 g/mol. The Bertz CT molecular complexity index is 795. The van der Waals surface area contributed by atoms with Gasteiger partial charge in [0.1, 0.15) is 0 Å². The van der Waals surface area contributed by atoms with Crippen molar-refractivity contribution in [3.05, 3.63) is 54.4 Å². The van der Waals surface area contributed by atoms with Crippen molar-refractivity contribution in [3.8, 4) is 11.3 Å². The van der Waals surface area contributed by atoms with Crippen LogP contribution in [0, 0.1) is 0 Å². The molecule has 2 aromatic heterocycles. The average Bonchev–Trinajstić information content (AvgIpc) is 2.86. The molecule has 0 aliphatic carbocycles. The predicted octanol–water partition coefficient (Wildman–Crippen LogP) is 2.07. The predicted molar refractivity (Wildman–Crippen MR) is 74.2 cm³/mol. The second-order valence-electron chi connectivity index (χ2n) is 4.42.